The molecule has 0 bridgehead atoms. The highest BCUT2D eigenvalue weighted by atomic mass is 32.1. The SMILES string of the molecule is COc1cc(OC)c(C(=O)N2CCC(c3nc4ccccc4s3)CC2)cc1OC. The molecule has 152 valence electrons. The Morgan fingerprint density at radius 2 is 1.66 bits per heavy atom. The molecule has 1 aliphatic heterocycles. The molecule has 0 spiro atoms. The number of likely N-dealkylation sites (tertiary alicyclic amines) is 1. The minimum Gasteiger partial charge on any atom is -0.496 e. The molecular formula is C22H24N2O4S. The molecule has 4 rings (SSSR count). The Morgan fingerprint density at radius 1 is 1.00 bits per heavy atom. The van der Waals surface area contributed by atoms with Crippen molar-refractivity contribution >= 4 is 27.5 Å². The smallest absolute Gasteiger partial charge is 0.257 e. The van der Waals surface area contributed by atoms with Gasteiger partial charge in [-0.25, -0.2) is 4.98 Å². The van der Waals surface area contributed by atoms with Crippen LogP contribution >= 0.6 is 11.3 Å². The maximum Gasteiger partial charge on any atom is 0.257 e. The molecule has 1 amide bonds. The van der Waals surface area contributed by atoms with E-state index in [1.54, 1.807) is 44.8 Å². The molecule has 1 fully saturated rings. The summed E-state index contributed by atoms with van der Waals surface area (Å²) < 4.78 is 17.3. The number of fused-ring (bicyclic) bond motifs is 1. The first-order chi connectivity index (χ1) is 14.1. The van der Waals surface area contributed by atoms with Crippen LogP contribution in [0.3, 0.4) is 0 Å². The van der Waals surface area contributed by atoms with Crippen LogP contribution in [-0.2, 0) is 0 Å². The van der Waals surface area contributed by atoms with E-state index < -0.39 is 0 Å². The van der Waals surface area contributed by atoms with Crippen molar-refractivity contribution in [2.75, 3.05) is 34.4 Å². The Kier molecular flexibility index (Phi) is 5.58. The summed E-state index contributed by atoms with van der Waals surface area (Å²) in [6, 6.07) is 11.6. The van der Waals surface area contributed by atoms with Crippen LogP contribution in [0.25, 0.3) is 10.2 Å². The second-order valence-electron chi connectivity index (χ2n) is 6.99. The molecule has 0 unspecified atom stereocenters. The van der Waals surface area contributed by atoms with Crippen molar-refractivity contribution in [3.05, 3.63) is 47.0 Å². The van der Waals surface area contributed by atoms with E-state index in [1.165, 1.54) is 9.71 Å². The van der Waals surface area contributed by atoms with E-state index >= 15 is 0 Å². The van der Waals surface area contributed by atoms with Crippen LogP contribution < -0.4 is 14.2 Å². The number of benzene rings is 2. The third-order valence-corrected chi connectivity index (χ3v) is 6.58. The van der Waals surface area contributed by atoms with Crippen LogP contribution in [0.1, 0.15) is 34.1 Å². The van der Waals surface area contributed by atoms with Crippen molar-refractivity contribution in [2.24, 2.45) is 0 Å². The van der Waals surface area contributed by atoms with E-state index in [0.29, 0.717) is 41.8 Å². The second-order valence-corrected chi connectivity index (χ2v) is 8.06. The van der Waals surface area contributed by atoms with Gasteiger partial charge in [0.2, 0.25) is 0 Å². The van der Waals surface area contributed by atoms with Gasteiger partial charge in [0.05, 0.1) is 42.1 Å². The number of aromatic nitrogens is 1. The first-order valence-electron chi connectivity index (χ1n) is 9.59. The average molecular weight is 413 g/mol. The fourth-order valence-electron chi connectivity index (χ4n) is 3.76. The lowest BCUT2D eigenvalue weighted by molar-refractivity contribution is 0.0709. The average Bonchev–Trinajstić information content (AvgIpc) is 3.22. The summed E-state index contributed by atoms with van der Waals surface area (Å²) in [5.41, 5.74) is 1.55. The number of piperidine rings is 1. The molecule has 29 heavy (non-hydrogen) atoms. The lowest BCUT2D eigenvalue weighted by Crippen LogP contribution is -2.38. The molecule has 0 aliphatic carbocycles. The summed E-state index contributed by atoms with van der Waals surface area (Å²) in [4.78, 5) is 19.8. The summed E-state index contributed by atoms with van der Waals surface area (Å²) in [6.45, 7) is 1.38. The third kappa shape index (κ3) is 3.74. The number of hydrogen-bond donors (Lipinski definition) is 0. The van der Waals surface area contributed by atoms with Crippen LogP contribution in [0.4, 0.5) is 0 Å². The molecule has 0 radical (unpaired) electrons. The zero-order valence-electron chi connectivity index (χ0n) is 16.8. The summed E-state index contributed by atoms with van der Waals surface area (Å²) in [5, 5.41) is 1.17. The first-order valence-corrected chi connectivity index (χ1v) is 10.4. The van der Waals surface area contributed by atoms with Crippen LogP contribution in [0, 0.1) is 0 Å². The topological polar surface area (TPSA) is 60.9 Å². The standard InChI is InChI=1S/C22H24N2O4S/c1-26-17-13-19(28-3)18(27-2)12-15(17)22(25)24-10-8-14(9-11-24)21-23-16-6-4-5-7-20(16)29-21/h4-7,12-14H,8-11H2,1-3H3. The van der Waals surface area contributed by atoms with Gasteiger partial charge < -0.3 is 19.1 Å². The number of ether oxygens (including phenoxy) is 3. The monoisotopic (exact) mass is 412 g/mol. The molecule has 0 atom stereocenters. The van der Waals surface area contributed by atoms with Gasteiger partial charge in [-0.2, -0.15) is 0 Å². The zero-order valence-corrected chi connectivity index (χ0v) is 17.6. The molecule has 6 nitrogen and oxygen atoms in total. The zero-order chi connectivity index (χ0) is 20.4. The quantitative estimate of drug-likeness (QED) is 0.624. The third-order valence-electron chi connectivity index (χ3n) is 5.38. The first kappa shape index (κ1) is 19.5. The van der Waals surface area contributed by atoms with E-state index in [-0.39, 0.29) is 5.91 Å². The van der Waals surface area contributed by atoms with Gasteiger partial charge in [0.15, 0.2) is 11.5 Å². The Balaban J connectivity index is 1.50. The van der Waals surface area contributed by atoms with E-state index in [9.17, 15) is 4.79 Å². The lowest BCUT2D eigenvalue weighted by Gasteiger charge is -2.31. The number of carbonyl (C=O) groups is 1. The van der Waals surface area contributed by atoms with Gasteiger partial charge in [0.1, 0.15) is 5.75 Å². The van der Waals surface area contributed by atoms with Crippen LogP contribution in [0.2, 0.25) is 0 Å². The lowest BCUT2D eigenvalue weighted by atomic mass is 9.97. The van der Waals surface area contributed by atoms with Crippen molar-refractivity contribution in [3.8, 4) is 17.2 Å². The number of para-hydroxylation sites is 1. The minimum absolute atomic E-state index is 0.0504. The molecular weight excluding hydrogens is 388 g/mol. The molecule has 0 N–H and O–H groups in total. The van der Waals surface area contributed by atoms with Crippen molar-refractivity contribution in [3.63, 3.8) is 0 Å². The van der Waals surface area contributed by atoms with E-state index in [4.69, 9.17) is 19.2 Å². The Labute approximate surface area is 174 Å². The number of amides is 1. The number of methoxy groups -OCH3 is 3. The fourth-order valence-corrected chi connectivity index (χ4v) is 4.90. The molecule has 1 saturated heterocycles. The summed E-state index contributed by atoms with van der Waals surface area (Å²) in [6.07, 6.45) is 1.81. The molecule has 3 aromatic rings. The highest BCUT2D eigenvalue weighted by molar-refractivity contribution is 7.18. The Morgan fingerprint density at radius 3 is 2.31 bits per heavy atom. The molecule has 1 aliphatic rings. The van der Waals surface area contributed by atoms with Gasteiger partial charge in [-0.15, -0.1) is 11.3 Å². The summed E-state index contributed by atoms with van der Waals surface area (Å²) in [5.74, 6) is 1.88. The predicted molar refractivity (Wildman–Crippen MR) is 114 cm³/mol. The normalized spacial score (nSPS) is 14.8. The van der Waals surface area contributed by atoms with Gasteiger partial charge in [0, 0.05) is 31.1 Å². The van der Waals surface area contributed by atoms with Crippen LogP contribution in [-0.4, -0.2) is 50.2 Å². The highest BCUT2D eigenvalue weighted by Gasteiger charge is 2.28. The Hall–Kier alpha value is -2.80. The number of thiazole rings is 1. The van der Waals surface area contributed by atoms with Gasteiger partial charge in [-0.1, -0.05) is 12.1 Å². The second kappa shape index (κ2) is 8.29. The van der Waals surface area contributed by atoms with E-state index in [0.717, 1.165) is 18.4 Å². The molecule has 2 heterocycles. The fraction of sp³-hybridized carbons (Fsp3) is 0.364. The molecule has 0 saturated carbocycles. The van der Waals surface area contributed by atoms with E-state index in [2.05, 4.69) is 12.1 Å². The van der Waals surface area contributed by atoms with Crippen molar-refractivity contribution in [1.29, 1.82) is 0 Å². The molecule has 1 aromatic heterocycles. The highest BCUT2D eigenvalue weighted by Crippen LogP contribution is 2.37. The van der Waals surface area contributed by atoms with Crippen molar-refractivity contribution in [1.82, 2.24) is 9.88 Å². The summed E-state index contributed by atoms with van der Waals surface area (Å²) >= 11 is 1.76. The maximum atomic E-state index is 13.2. The van der Waals surface area contributed by atoms with Gasteiger partial charge in [0.25, 0.3) is 5.91 Å². The Bertz CT molecular complexity index is 992. The van der Waals surface area contributed by atoms with Gasteiger partial charge >= 0.3 is 0 Å². The summed E-state index contributed by atoms with van der Waals surface area (Å²) in [7, 11) is 4.67. The van der Waals surface area contributed by atoms with E-state index in [1.807, 2.05) is 17.0 Å². The van der Waals surface area contributed by atoms with Crippen molar-refractivity contribution in [2.45, 2.75) is 18.8 Å². The minimum atomic E-state index is -0.0504. The number of carbonyl (C=O) groups excluding carboxylic acids is 1. The van der Waals surface area contributed by atoms with Gasteiger partial charge in [-0.3, -0.25) is 4.79 Å². The molecule has 2 aromatic carbocycles. The van der Waals surface area contributed by atoms with Gasteiger partial charge in [-0.05, 0) is 25.0 Å². The predicted octanol–water partition coefficient (Wildman–Crippen LogP) is 4.34. The van der Waals surface area contributed by atoms with Crippen LogP contribution in [0.15, 0.2) is 36.4 Å². The number of nitrogens with zero attached hydrogens (tertiary/aromatic N) is 2. The number of rotatable bonds is 5. The molecule has 7 heteroatoms. The van der Waals surface area contributed by atoms with Crippen molar-refractivity contribution < 1.29 is 19.0 Å². The maximum absolute atomic E-state index is 13.2. The van der Waals surface area contributed by atoms with Crippen LogP contribution in [0.5, 0.6) is 17.2 Å². The number of hydrogen-bond acceptors (Lipinski definition) is 6. The largest absolute Gasteiger partial charge is 0.496 e.